The van der Waals surface area contributed by atoms with Gasteiger partial charge < -0.3 is 5.73 Å². The lowest BCUT2D eigenvalue weighted by Crippen LogP contribution is -2.11. The summed E-state index contributed by atoms with van der Waals surface area (Å²) in [6.45, 7) is 0. The average Bonchev–Trinajstić information content (AvgIpc) is 2.67. The maximum atomic E-state index is 6.03. The Bertz CT molecular complexity index is 436. The third kappa shape index (κ3) is 2.49. The van der Waals surface area contributed by atoms with Gasteiger partial charge in [-0.25, -0.2) is 4.98 Å². The molecule has 2 rings (SSSR count). The molecule has 0 spiro atoms. The van der Waals surface area contributed by atoms with Crippen LogP contribution in [-0.2, 0) is 0 Å². The highest BCUT2D eigenvalue weighted by Gasteiger charge is 2.12. The molecule has 0 amide bonds. The zero-order valence-corrected chi connectivity index (χ0v) is 9.98. The molecule has 1 aromatic carbocycles. The summed E-state index contributed by atoms with van der Waals surface area (Å²) in [5.74, 6) is 0. The average molecular weight is 259 g/mol. The molecule has 2 nitrogen and oxygen atoms in total. The summed E-state index contributed by atoms with van der Waals surface area (Å²) in [4.78, 5) is 4.16. The second kappa shape index (κ2) is 4.49. The Balaban J connectivity index is 2.37. The summed E-state index contributed by atoms with van der Waals surface area (Å²) >= 11 is 13.3. The molecule has 78 valence electrons. The molecule has 2 N–H and O–H groups in total. The van der Waals surface area contributed by atoms with E-state index in [-0.39, 0.29) is 6.04 Å². The Hall–Kier alpha value is -0.610. The van der Waals surface area contributed by atoms with E-state index in [4.69, 9.17) is 28.9 Å². The molecule has 5 heteroatoms. The Morgan fingerprint density at radius 1 is 1.20 bits per heavy atom. The molecule has 0 aliphatic heterocycles. The van der Waals surface area contributed by atoms with Crippen molar-refractivity contribution in [1.29, 1.82) is 0 Å². The number of thiazole rings is 1. The van der Waals surface area contributed by atoms with Gasteiger partial charge in [-0.15, -0.1) is 11.3 Å². The van der Waals surface area contributed by atoms with E-state index in [0.717, 1.165) is 10.6 Å². The van der Waals surface area contributed by atoms with Gasteiger partial charge in [-0.05, 0) is 23.8 Å². The van der Waals surface area contributed by atoms with Gasteiger partial charge in [0.15, 0.2) is 0 Å². The van der Waals surface area contributed by atoms with Gasteiger partial charge in [0.2, 0.25) is 0 Å². The molecule has 0 radical (unpaired) electrons. The fraction of sp³-hybridized carbons (Fsp3) is 0.100. The molecule has 0 saturated heterocycles. The van der Waals surface area contributed by atoms with E-state index in [2.05, 4.69) is 4.98 Å². The van der Waals surface area contributed by atoms with Crippen LogP contribution < -0.4 is 5.73 Å². The third-order valence-electron chi connectivity index (χ3n) is 1.96. The molecule has 15 heavy (non-hydrogen) atoms. The standard InChI is InChI=1S/C10H8Cl2N2S/c11-7-3-6(4-8(12)5-7)9(13)10-14-1-2-15-10/h1-5,9H,13H2. The van der Waals surface area contributed by atoms with E-state index in [1.807, 2.05) is 5.38 Å². The van der Waals surface area contributed by atoms with Gasteiger partial charge in [0.1, 0.15) is 5.01 Å². The number of nitrogens with zero attached hydrogens (tertiary/aromatic N) is 1. The van der Waals surface area contributed by atoms with Crippen LogP contribution in [0.2, 0.25) is 10.0 Å². The topological polar surface area (TPSA) is 38.9 Å². The van der Waals surface area contributed by atoms with Gasteiger partial charge in [0.25, 0.3) is 0 Å². The van der Waals surface area contributed by atoms with Crippen LogP contribution in [0.15, 0.2) is 29.8 Å². The van der Waals surface area contributed by atoms with Crippen molar-refractivity contribution in [3.8, 4) is 0 Å². The Labute approximate surface area is 102 Å². The summed E-state index contributed by atoms with van der Waals surface area (Å²) in [6, 6.07) is 5.03. The minimum atomic E-state index is -0.263. The molecule has 0 saturated carbocycles. The molecule has 0 fully saturated rings. The van der Waals surface area contributed by atoms with Crippen molar-refractivity contribution >= 4 is 34.5 Å². The monoisotopic (exact) mass is 258 g/mol. The number of hydrogen-bond donors (Lipinski definition) is 1. The molecule has 1 aromatic heterocycles. The quantitative estimate of drug-likeness (QED) is 0.896. The van der Waals surface area contributed by atoms with Crippen LogP contribution in [0.4, 0.5) is 0 Å². The maximum Gasteiger partial charge on any atom is 0.114 e. The summed E-state index contributed by atoms with van der Waals surface area (Å²) in [5, 5.41) is 3.92. The summed E-state index contributed by atoms with van der Waals surface area (Å²) in [6.07, 6.45) is 1.73. The lowest BCUT2D eigenvalue weighted by molar-refractivity contribution is 0.858. The normalized spacial score (nSPS) is 12.7. The lowest BCUT2D eigenvalue weighted by atomic mass is 10.1. The molecule has 2 aromatic rings. The van der Waals surface area contributed by atoms with E-state index in [0.29, 0.717) is 10.0 Å². The number of halogens is 2. The van der Waals surface area contributed by atoms with Crippen LogP contribution in [0.3, 0.4) is 0 Å². The van der Waals surface area contributed by atoms with Crippen molar-refractivity contribution in [2.24, 2.45) is 5.73 Å². The van der Waals surface area contributed by atoms with Gasteiger partial charge in [-0.3, -0.25) is 0 Å². The van der Waals surface area contributed by atoms with E-state index < -0.39 is 0 Å². The van der Waals surface area contributed by atoms with Crippen molar-refractivity contribution in [3.63, 3.8) is 0 Å². The second-order valence-corrected chi connectivity index (χ2v) is 4.85. The first-order chi connectivity index (χ1) is 7.16. The molecule has 1 unspecified atom stereocenters. The fourth-order valence-corrected chi connectivity index (χ4v) is 2.49. The van der Waals surface area contributed by atoms with E-state index in [1.54, 1.807) is 24.4 Å². The predicted molar refractivity (Wildman–Crippen MR) is 64.6 cm³/mol. The van der Waals surface area contributed by atoms with Crippen molar-refractivity contribution in [2.45, 2.75) is 6.04 Å². The van der Waals surface area contributed by atoms with Crippen LogP contribution in [0.5, 0.6) is 0 Å². The van der Waals surface area contributed by atoms with Crippen LogP contribution in [0, 0.1) is 0 Å². The van der Waals surface area contributed by atoms with Gasteiger partial charge >= 0.3 is 0 Å². The minimum Gasteiger partial charge on any atom is -0.318 e. The van der Waals surface area contributed by atoms with Gasteiger partial charge in [0, 0.05) is 21.6 Å². The molecule has 1 heterocycles. The Kier molecular flexibility index (Phi) is 3.26. The van der Waals surface area contributed by atoms with E-state index in [1.165, 1.54) is 11.3 Å². The fourth-order valence-electron chi connectivity index (χ4n) is 1.29. The first-order valence-corrected chi connectivity index (χ1v) is 5.91. The smallest absolute Gasteiger partial charge is 0.114 e. The maximum absolute atomic E-state index is 6.03. The molecular weight excluding hydrogens is 251 g/mol. The van der Waals surface area contributed by atoms with Crippen molar-refractivity contribution in [3.05, 3.63) is 50.4 Å². The Morgan fingerprint density at radius 2 is 1.87 bits per heavy atom. The van der Waals surface area contributed by atoms with Gasteiger partial charge in [0.05, 0.1) is 6.04 Å². The molecule has 1 atom stereocenters. The number of nitrogens with two attached hydrogens (primary N) is 1. The highest BCUT2D eigenvalue weighted by Crippen LogP contribution is 2.26. The summed E-state index contributed by atoms with van der Waals surface area (Å²) < 4.78 is 0. The molecular formula is C10H8Cl2N2S. The van der Waals surface area contributed by atoms with E-state index in [9.17, 15) is 0 Å². The second-order valence-electron chi connectivity index (χ2n) is 3.05. The van der Waals surface area contributed by atoms with Crippen LogP contribution in [0.1, 0.15) is 16.6 Å². The van der Waals surface area contributed by atoms with Crippen molar-refractivity contribution < 1.29 is 0 Å². The number of rotatable bonds is 2. The van der Waals surface area contributed by atoms with Crippen LogP contribution in [0.25, 0.3) is 0 Å². The highest BCUT2D eigenvalue weighted by molar-refractivity contribution is 7.09. The number of benzene rings is 1. The lowest BCUT2D eigenvalue weighted by Gasteiger charge is -2.09. The molecule has 0 bridgehead atoms. The number of aromatic nitrogens is 1. The first-order valence-electron chi connectivity index (χ1n) is 4.28. The van der Waals surface area contributed by atoms with Crippen molar-refractivity contribution in [1.82, 2.24) is 4.98 Å². The summed E-state index contributed by atoms with van der Waals surface area (Å²) in [7, 11) is 0. The SMILES string of the molecule is NC(c1cc(Cl)cc(Cl)c1)c1nccs1. The first kappa shape index (κ1) is 10.9. The number of hydrogen-bond acceptors (Lipinski definition) is 3. The Morgan fingerprint density at radius 3 is 2.40 bits per heavy atom. The largest absolute Gasteiger partial charge is 0.318 e. The van der Waals surface area contributed by atoms with Gasteiger partial charge in [-0.1, -0.05) is 23.2 Å². The highest BCUT2D eigenvalue weighted by atomic mass is 35.5. The summed E-state index contributed by atoms with van der Waals surface area (Å²) in [5.41, 5.74) is 6.91. The van der Waals surface area contributed by atoms with E-state index >= 15 is 0 Å². The third-order valence-corrected chi connectivity index (χ3v) is 3.26. The minimum absolute atomic E-state index is 0.263. The zero-order valence-electron chi connectivity index (χ0n) is 7.65. The molecule has 0 aliphatic carbocycles. The van der Waals surface area contributed by atoms with Crippen molar-refractivity contribution in [2.75, 3.05) is 0 Å². The zero-order chi connectivity index (χ0) is 10.8. The van der Waals surface area contributed by atoms with Gasteiger partial charge in [-0.2, -0.15) is 0 Å². The predicted octanol–water partition coefficient (Wildman–Crippen LogP) is 3.50. The van der Waals surface area contributed by atoms with Crippen LogP contribution >= 0.6 is 34.5 Å². The molecule has 0 aliphatic rings. The van der Waals surface area contributed by atoms with Crippen LogP contribution in [-0.4, -0.2) is 4.98 Å².